The highest BCUT2D eigenvalue weighted by Crippen LogP contribution is 2.37. The number of fused-ring (bicyclic) bond motifs is 3. The molecule has 0 saturated heterocycles. The van der Waals surface area contributed by atoms with Crippen molar-refractivity contribution in [3.8, 4) is 17.2 Å². The van der Waals surface area contributed by atoms with Crippen LogP contribution in [0.4, 0.5) is 34.1 Å². The average molecular weight is 1650 g/mol. The molecule has 0 unspecified atom stereocenters. The molecule has 36 heteroatoms. The van der Waals surface area contributed by atoms with Crippen LogP contribution in [-0.4, -0.2) is 235 Å². The Balaban J connectivity index is 0.000000276. The van der Waals surface area contributed by atoms with Crippen molar-refractivity contribution in [2.75, 3.05) is 95.6 Å². The number of hydrogen-bond acceptors (Lipinski definition) is 24. The number of phenolic OH excluding ortho intramolecular Hbond substituents is 2. The van der Waals surface area contributed by atoms with E-state index in [1.165, 1.54) is 87.4 Å². The first-order chi connectivity index (χ1) is 55.9. The molecule has 9 rings (SSSR count). The number of benzene rings is 6. The van der Waals surface area contributed by atoms with E-state index in [-0.39, 0.29) is 126 Å². The Hall–Kier alpha value is -13.7. The number of ether oxygens (including phenoxy) is 1. The number of ketones is 3. The second kappa shape index (κ2) is 42.7. The van der Waals surface area contributed by atoms with E-state index in [0.29, 0.717) is 58.0 Å². The zero-order valence-electron chi connectivity index (χ0n) is 66.2. The van der Waals surface area contributed by atoms with E-state index >= 15 is 0 Å². The number of para-hydroxylation sites is 6. The molecule has 11 N–H and O–H groups in total. The molecule has 0 fully saturated rings. The van der Waals surface area contributed by atoms with Gasteiger partial charge in [0.1, 0.15) is 111 Å². The number of aldehydes is 3. The van der Waals surface area contributed by atoms with Crippen molar-refractivity contribution in [3.05, 3.63) is 159 Å². The Morgan fingerprint density at radius 3 is 0.840 bits per heavy atom. The van der Waals surface area contributed by atoms with Crippen LogP contribution < -0.4 is 66.0 Å². The van der Waals surface area contributed by atoms with Crippen LogP contribution in [0, 0.1) is 41.5 Å². The number of methoxy groups -OCH3 is 1. The Labute approximate surface area is 684 Å². The number of hydrogen-bond donors (Lipinski definition) is 11. The lowest BCUT2D eigenvalue weighted by Gasteiger charge is -2.25. The number of aromatic hydroxyl groups is 2. The molecule has 0 spiro atoms. The molecule has 0 aromatic heterocycles. The molecule has 6 aromatic rings. The van der Waals surface area contributed by atoms with Gasteiger partial charge in [-0.15, -0.1) is 0 Å². The number of aliphatic hydroxyl groups excluding tert-OH is 3. The maximum atomic E-state index is 13.8. The minimum absolute atomic E-state index is 0. The van der Waals surface area contributed by atoms with Crippen molar-refractivity contribution >= 4 is 141 Å². The lowest BCUT2D eigenvalue weighted by atomic mass is 10.0. The van der Waals surface area contributed by atoms with Crippen LogP contribution in [0.5, 0.6) is 17.2 Å². The summed E-state index contributed by atoms with van der Waals surface area (Å²) in [5.41, 5.74) is 5.01. The molecule has 0 bridgehead atoms. The van der Waals surface area contributed by atoms with Gasteiger partial charge in [-0.05, 0) is 168 Å². The van der Waals surface area contributed by atoms with E-state index in [1.54, 1.807) is 96.1 Å². The summed E-state index contributed by atoms with van der Waals surface area (Å²) in [7, 11) is 1.52. The van der Waals surface area contributed by atoms with Gasteiger partial charge in [0, 0.05) is 36.0 Å². The molecule has 632 valence electrons. The lowest BCUT2D eigenvalue weighted by Crippen LogP contribution is -2.55. The van der Waals surface area contributed by atoms with Crippen molar-refractivity contribution in [1.82, 2.24) is 31.9 Å². The normalized spacial score (nSPS) is 15.4. The molecule has 3 heterocycles. The highest BCUT2D eigenvalue weighted by molar-refractivity contribution is 6.15. The third kappa shape index (κ3) is 24.0. The summed E-state index contributed by atoms with van der Waals surface area (Å²) < 4.78 is 5.35. The van der Waals surface area contributed by atoms with Crippen molar-refractivity contribution in [2.24, 2.45) is 0 Å². The Kier molecular flexibility index (Phi) is 33.8. The Morgan fingerprint density at radius 2 is 0.630 bits per heavy atom. The molecule has 3 aliphatic heterocycles. The fourth-order valence-electron chi connectivity index (χ4n) is 13.4. The van der Waals surface area contributed by atoms with Gasteiger partial charge in [-0.2, -0.15) is 0 Å². The summed E-state index contributed by atoms with van der Waals surface area (Å²) >= 11 is 0. The molecule has 0 radical (unpaired) electrons. The van der Waals surface area contributed by atoms with Crippen molar-refractivity contribution in [2.45, 2.75) is 125 Å². The van der Waals surface area contributed by atoms with E-state index in [2.05, 4.69) is 31.9 Å². The molecule has 0 aliphatic carbocycles. The van der Waals surface area contributed by atoms with E-state index < -0.39 is 147 Å². The van der Waals surface area contributed by atoms with Crippen LogP contribution in [0.3, 0.4) is 0 Å². The quantitative estimate of drug-likeness (QED) is 0.0309. The maximum absolute atomic E-state index is 13.8. The minimum Gasteiger partial charge on any atom is -0.507 e. The molecular formula is C83H96N12O24. The summed E-state index contributed by atoms with van der Waals surface area (Å²) in [4.78, 5) is 233. The monoisotopic (exact) mass is 1640 g/mol. The van der Waals surface area contributed by atoms with Gasteiger partial charge in [0.2, 0.25) is 17.7 Å². The number of aryl methyl sites for hydroxylation is 6. The van der Waals surface area contributed by atoms with Gasteiger partial charge in [0.25, 0.3) is 53.2 Å². The highest BCUT2D eigenvalue weighted by atomic mass is 16.5. The van der Waals surface area contributed by atoms with Crippen LogP contribution in [0.2, 0.25) is 0 Å². The van der Waals surface area contributed by atoms with Crippen LogP contribution in [0.15, 0.2) is 109 Å². The largest absolute Gasteiger partial charge is 0.507 e. The number of aliphatic hydroxyl groups is 3. The maximum Gasteiger partial charge on any atom is 0.252 e. The average Bonchev–Trinajstić information content (AvgIpc) is 1.66. The number of Topliss-reactive ketones (excluding diaryl/α,β-unsaturated/α-hetero) is 3. The summed E-state index contributed by atoms with van der Waals surface area (Å²) in [5.74, 6) is -8.71. The third-order valence-electron chi connectivity index (χ3n) is 18.8. The molecule has 0 saturated carbocycles. The van der Waals surface area contributed by atoms with Gasteiger partial charge in [-0.1, -0.05) is 43.8 Å². The minimum atomic E-state index is -1.33. The molecule has 36 nitrogen and oxygen atoms in total. The smallest absolute Gasteiger partial charge is 0.252 e. The predicted octanol–water partition coefficient (Wildman–Crippen LogP) is 1.37. The van der Waals surface area contributed by atoms with Crippen molar-refractivity contribution < 1.29 is 117 Å². The summed E-state index contributed by atoms with van der Waals surface area (Å²) in [6.07, 6.45) is 0.623. The summed E-state index contributed by atoms with van der Waals surface area (Å²) in [6, 6.07) is 20.5. The fourth-order valence-corrected chi connectivity index (χ4v) is 13.4. The van der Waals surface area contributed by atoms with Crippen LogP contribution in [-0.2, 0) is 71.9 Å². The molecule has 6 aromatic carbocycles. The molecule has 12 amide bonds. The molecular weight excluding hydrogens is 1550 g/mol. The molecule has 119 heavy (non-hydrogen) atoms. The number of rotatable bonds is 28. The van der Waals surface area contributed by atoms with E-state index in [1.807, 2.05) is 0 Å². The van der Waals surface area contributed by atoms with E-state index in [0.717, 1.165) is 24.5 Å². The van der Waals surface area contributed by atoms with Crippen LogP contribution in [0.1, 0.15) is 112 Å². The van der Waals surface area contributed by atoms with Crippen LogP contribution >= 0.6 is 0 Å². The fraction of sp³-hybridized carbons (Fsp3) is 0.349. The van der Waals surface area contributed by atoms with Gasteiger partial charge in [-0.25, -0.2) is 0 Å². The molecule has 3 aliphatic rings. The second-order valence-electron chi connectivity index (χ2n) is 28.0. The molecule has 6 atom stereocenters. The van der Waals surface area contributed by atoms with Gasteiger partial charge in [-0.3, -0.25) is 86.6 Å². The number of nitrogens with zero attached hydrogens (tertiary/aromatic N) is 6. The Morgan fingerprint density at radius 1 is 0.403 bits per heavy atom. The number of carbonyl (C=O) groups excluding carboxylic acids is 18. The van der Waals surface area contributed by atoms with E-state index in [4.69, 9.17) is 4.74 Å². The number of anilines is 6. The van der Waals surface area contributed by atoms with E-state index in [9.17, 15) is 112 Å². The Bertz CT molecular complexity index is 4680. The third-order valence-corrected chi connectivity index (χ3v) is 18.8. The topological polar surface area (TPSA) is 509 Å². The lowest BCUT2D eigenvalue weighted by molar-refractivity contribution is -0.127. The highest BCUT2D eigenvalue weighted by Gasteiger charge is 2.42. The zero-order chi connectivity index (χ0) is 87.3. The number of amides is 12. The van der Waals surface area contributed by atoms with Crippen molar-refractivity contribution in [3.63, 3.8) is 0 Å². The van der Waals surface area contributed by atoms with Crippen molar-refractivity contribution in [1.29, 1.82) is 0 Å². The first-order valence-electron chi connectivity index (χ1n) is 36.8. The summed E-state index contributed by atoms with van der Waals surface area (Å²) in [5, 5.41) is 64.0. The number of nitrogens with one attached hydrogen (secondary N) is 6. The first kappa shape index (κ1) is 94.1. The van der Waals surface area contributed by atoms with Gasteiger partial charge in [0.15, 0.2) is 0 Å². The van der Waals surface area contributed by atoms with Gasteiger partial charge >= 0.3 is 0 Å². The van der Waals surface area contributed by atoms with Gasteiger partial charge in [0.05, 0.1) is 79.0 Å². The zero-order valence-corrected chi connectivity index (χ0v) is 66.2. The SMILES string of the molecule is C.CC(=O)C[C@@H](C=O)NC(=O)CN1C(=O)[C@@H](NC(=O)c2cc(C)c(O)c(C)c2)CN(C(=O)CO)c2ccccc21.CC(=O)C[C@@H](C=O)NC(=O)CN1C(=O)[C@@H](NC(=O)c2cc(C)c(O)c(C)c2)CN(C(=O)CO)c2ccccc21.COc1c(C)cc(C(=O)N[C@H]2CN(C(=O)CO)c3ccccc3N(CC(=O)N[C@H](C=O)CC(C)=O)C2=O)cc1C. The predicted molar refractivity (Wildman–Crippen MR) is 433 cm³/mol. The second-order valence-corrected chi connectivity index (χ2v) is 28.0. The van der Waals surface area contributed by atoms with Gasteiger partial charge < -0.3 is 91.3 Å². The summed E-state index contributed by atoms with van der Waals surface area (Å²) in [6.45, 7) is 8.55. The number of phenols is 2. The van der Waals surface area contributed by atoms with Crippen LogP contribution in [0.25, 0.3) is 0 Å². The first-order valence-corrected chi connectivity index (χ1v) is 36.8. The number of carbonyl (C=O) groups is 18. The standard InChI is InChI=1S/C28H32N4O8.2C27H30N4O8.CH4/c1-16-9-19(10-17(2)26(16)40-4)27(38)30-21-12-31(25(37)15-34)22-7-5-6-8-23(22)32(28(21)39)13-24(36)29-20(14-33)11-18(3)35;2*1-15-8-18(9-16(2)25(15)37)26(38)29-20-11-30(24(36)14-33)21-6-4-5-7-22(21)31(27(20)39)12-23(35)28-19(13-32)10-17(3)34;/h5-10,14,20-21,34H,11-13,15H2,1-4H3,(H,29,36)(H,30,38);2*4-9,13,19-20,33,37H,10-12,14H2,1-3H3,(H,28,35)(H,29,38);1H4/t20-,21-;2*19-,20-;/m000./s1.